The molecule has 1 heterocycles. The highest BCUT2D eigenvalue weighted by Gasteiger charge is 2.21. The lowest BCUT2D eigenvalue weighted by molar-refractivity contribution is -0.112. The summed E-state index contributed by atoms with van der Waals surface area (Å²) in [5.41, 5.74) is 8.97. The van der Waals surface area contributed by atoms with Crippen LogP contribution in [0.25, 0.3) is 12.2 Å². The third-order valence-corrected chi connectivity index (χ3v) is 7.55. The first-order valence-electron chi connectivity index (χ1n) is 12.2. The van der Waals surface area contributed by atoms with E-state index in [1.807, 2.05) is 11.8 Å². The highest BCUT2D eigenvalue weighted by Crippen LogP contribution is 2.30. The minimum Gasteiger partial charge on any atom is -0.372 e. The maximum absolute atomic E-state index is 13.3. The Kier molecular flexibility index (Phi) is 8.85. The quantitative estimate of drug-likeness (QED) is 0.404. The average molecular weight is 463 g/mol. The highest BCUT2D eigenvalue weighted by atomic mass is 32.2. The number of rotatable bonds is 8. The smallest absolute Gasteiger partial charge is 0.186 e. The van der Waals surface area contributed by atoms with E-state index in [1.165, 1.54) is 22.5 Å². The highest BCUT2D eigenvalue weighted by molar-refractivity contribution is 7.99. The second-order valence-corrected chi connectivity index (χ2v) is 9.57. The molecule has 1 aliphatic heterocycles. The Hall–Kier alpha value is -2.46. The standard InChI is InChI=1S/C29H38N2OS/c1-7-30(8-2)27-13-11-23(21(5)15-27)17-25-19-33-20-26(29(25)32)18-24-12-14-28(16-22(24)6)31(9-3)10-4/h11-18H,7-10,19-20H2,1-6H3. The van der Waals surface area contributed by atoms with Gasteiger partial charge in [-0.1, -0.05) is 12.1 Å². The third-order valence-electron chi connectivity index (χ3n) is 6.52. The van der Waals surface area contributed by atoms with Crippen LogP contribution in [-0.2, 0) is 4.79 Å². The van der Waals surface area contributed by atoms with Crippen molar-refractivity contribution in [1.29, 1.82) is 0 Å². The molecule has 2 aromatic rings. The van der Waals surface area contributed by atoms with Crippen LogP contribution in [0.1, 0.15) is 49.9 Å². The third kappa shape index (κ3) is 5.92. The van der Waals surface area contributed by atoms with Crippen molar-refractivity contribution in [3.05, 3.63) is 69.8 Å². The molecule has 1 aliphatic rings. The Morgan fingerprint density at radius 3 is 1.45 bits per heavy atom. The normalized spacial score (nSPS) is 16.5. The summed E-state index contributed by atoms with van der Waals surface area (Å²) in [7, 11) is 0. The van der Waals surface area contributed by atoms with E-state index in [2.05, 4.69) is 99.9 Å². The monoisotopic (exact) mass is 462 g/mol. The first kappa shape index (κ1) is 25.2. The summed E-state index contributed by atoms with van der Waals surface area (Å²) in [6, 6.07) is 13.1. The van der Waals surface area contributed by atoms with Crippen molar-refractivity contribution in [3.8, 4) is 0 Å². The van der Waals surface area contributed by atoms with E-state index >= 15 is 0 Å². The van der Waals surface area contributed by atoms with Crippen molar-refractivity contribution in [1.82, 2.24) is 0 Å². The molecule has 0 N–H and O–H groups in total. The number of hydrogen-bond donors (Lipinski definition) is 0. The number of carbonyl (C=O) groups is 1. The molecule has 33 heavy (non-hydrogen) atoms. The van der Waals surface area contributed by atoms with Gasteiger partial charge in [0, 0.05) is 60.2 Å². The summed E-state index contributed by atoms with van der Waals surface area (Å²) >= 11 is 1.82. The second kappa shape index (κ2) is 11.6. The lowest BCUT2D eigenvalue weighted by Gasteiger charge is -2.22. The molecule has 1 saturated heterocycles. The Bertz CT molecular complexity index is 964. The van der Waals surface area contributed by atoms with Crippen LogP contribution < -0.4 is 9.80 Å². The van der Waals surface area contributed by atoms with Gasteiger partial charge in [-0.2, -0.15) is 11.8 Å². The average Bonchev–Trinajstić information content (AvgIpc) is 2.81. The minimum absolute atomic E-state index is 0.188. The first-order chi connectivity index (χ1) is 15.9. The molecule has 0 atom stereocenters. The molecule has 0 amide bonds. The molecule has 1 fully saturated rings. The van der Waals surface area contributed by atoms with Crippen LogP contribution in [0, 0.1) is 13.8 Å². The fourth-order valence-electron chi connectivity index (χ4n) is 4.41. The topological polar surface area (TPSA) is 23.6 Å². The van der Waals surface area contributed by atoms with Crippen LogP contribution in [0.2, 0.25) is 0 Å². The Morgan fingerprint density at radius 2 is 1.12 bits per heavy atom. The van der Waals surface area contributed by atoms with Gasteiger partial charge in [0.25, 0.3) is 0 Å². The van der Waals surface area contributed by atoms with E-state index in [1.54, 1.807) is 0 Å². The van der Waals surface area contributed by atoms with Gasteiger partial charge >= 0.3 is 0 Å². The predicted octanol–water partition coefficient (Wildman–Crippen LogP) is 6.78. The Balaban J connectivity index is 1.85. The van der Waals surface area contributed by atoms with Crippen molar-refractivity contribution in [2.45, 2.75) is 41.5 Å². The van der Waals surface area contributed by atoms with Crippen molar-refractivity contribution in [3.63, 3.8) is 0 Å². The molecule has 0 bridgehead atoms. The Morgan fingerprint density at radius 1 is 0.727 bits per heavy atom. The van der Waals surface area contributed by atoms with Gasteiger partial charge in [0.15, 0.2) is 5.78 Å². The zero-order chi connectivity index (χ0) is 24.0. The number of aryl methyl sites for hydroxylation is 2. The number of thioether (sulfide) groups is 1. The predicted molar refractivity (Wildman–Crippen MR) is 148 cm³/mol. The number of hydrogen-bond acceptors (Lipinski definition) is 4. The van der Waals surface area contributed by atoms with Crippen LogP contribution in [0.5, 0.6) is 0 Å². The number of ketones is 1. The molecule has 0 aromatic heterocycles. The van der Waals surface area contributed by atoms with E-state index in [4.69, 9.17) is 0 Å². The van der Waals surface area contributed by atoms with Gasteiger partial charge in [-0.25, -0.2) is 0 Å². The number of Topliss-reactive ketones (excluding diaryl/α,β-unsaturated/α-hetero) is 1. The fourth-order valence-corrected chi connectivity index (χ4v) is 5.38. The van der Waals surface area contributed by atoms with E-state index in [9.17, 15) is 4.79 Å². The number of nitrogens with zero attached hydrogens (tertiary/aromatic N) is 2. The summed E-state index contributed by atoms with van der Waals surface area (Å²) in [6.07, 6.45) is 4.19. The second-order valence-electron chi connectivity index (χ2n) is 8.59. The maximum Gasteiger partial charge on any atom is 0.186 e. The summed E-state index contributed by atoms with van der Waals surface area (Å²) in [5, 5.41) is 0. The molecule has 0 radical (unpaired) electrons. The van der Waals surface area contributed by atoms with Gasteiger partial charge in [0.05, 0.1) is 0 Å². The zero-order valence-electron chi connectivity index (χ0n) is 21.1. The van der Waals surface area contributed by atoms with Gasteiger partial charge in [0.1, 0.15) is 0 Å². The van der Waals surface area contributed by atoms with Gasteiger partial charge in [-0.05, 0) is 100 Å². The number of anilines is 2. The van der Waals surface area contributed by atoms with E-state index in [-0.39, 0.29) is 5.78 Å². The molecule has 0 unspecified atom stereocenters. The molecule has 3 rings (SSSR count). The van der Waals surface area contributed by atoms with Crippen LogP contribution in [0.15, 0.2) is 47.5 Å². The summed E-state index contributed by atoms with van der Waals surface area (Å²) in [4.78, 5) is 18.0. The van der Waals surface area contributed by atoms with E-state index in [0.717, 1.165) is 60.0 Å². The number of carbonyl (C=O) groups excluding carboxylic acids is 1. The van der Waals surface area contributed by atoms with Gasteiger partial charge in [-0.3, -0.25) is 4.79 Å². The van der Waals surface area contributed by atoms with Crippen LogP contribution in [-0.4, -0.2) is 43.5 Å². The molecular weight excluding hydrogens is 424 g/mol. The summed E-state index contributed by atoms with van der Waals surface area (Å²) in [6.45, 7) is 17.0. The van der Waals surface area contributed by atoms with Crippen LogP contribution >= 0.6 is 11.8 Å². The van der Waals surface area contributed by atoms with Crippen molar-refractivity contribution in [2.75, 3.05) is 47.5 Å². The van der Waals surface area contributed by atoms with Gasteiger partial charge in [0.2, 0.25) is 0 Å². The molecule has 3 nitrogen and oxygen atoms in total. The van der Waals surface area contributed by atoms with Crippen molar-refractivity contribution < 1.29 is 4.79 Å². The van der Waals surface area contributed by atoms with Crippen LogP contribution in [0.3, 0.4) is 0 Å². The summed E-state index contributed by atoms with van der Waals surface area (Å²) < 4.78 is 0. The molecule has 4 heteroatoms. The first-order valence-corrected chi connectivity index (χ1v) is 13.3. The molecular formula is C29H38N2OS. The van der Waals surface area contributed by atoms with Gasteiger partial charge < -0.3 is 9.80 Å². The minimum atomic E-state index is 0.188. The number of benzene rings is 2. The van der Waals surface area contributed by atoms with Crippen molar-refractivity contribution >= 4 is 41.1 Å². The molecule has 2 aromatic carbocycles. The lowest BCUT2D eigenvalue weighted by atomic mass is 9.97. The largest absolute Gasteiger partial charge is 0.372 e. The van der Waals surface area contributed by atoms with Crippen molar-refractivity contribution in [2.24, 2.45) is 0 Å². The van der Waals surface area contributed by atoms with Gasteiger partial charge in [-0.15, -0.1) is 0 Å². The van der Waals surface area contributed by atoms with E-state index < -0.39 is 0 Å². The van der Waals surface area contributed by atoms with E-state index in [0.29, 0.717) is 0 Å². The maximum atomic E-state index is 13.3. The molecule has 176 valence electrons. The fraction of sp³-hybridized carbons (Fsp3) is 0.414. The summed E-state index contributed by atoms with van der Waals surface area (Å²) in [5.74, 6) is 1.73. The molecule has 0 spiro atoms. The molecule has 0 saturated carbocycles. The zero-order valence-corrected chi connectivity index (χ0v) is 21.9. The lowest BCUT2D eigenvalue weighted by Crippen LogP contribution is -2.21. The molecule has 0 aliphatic carbocycles. The van der Waals surface area contributed by atoms with Crippen LogP contribution in [0.4, 0.5) is 11.4 Å². The Labute approximate surface area is 204 Å². The SMILES string of the molecule is CCN(CC)c1ccc(C=C2CSCC(=Cc3ccc(N(CC)CC)cc3C)C2=O)c(C)c1.